The van der Waals surface area contributed by atoms with Gasteiger partial charge in [0.15, 0.2) is 5.82 Å². The molecule has 21 heavy (non-hydrogen) atoms. The van der Waals surface area contributed by atoms with Crippen molar-refractivity contribution in [2.45, 2.75) is 39.8 Å². The molecule has 1 unspecified atom stereocenters. The smallest absolute Gasteiger partial charge is 0.170 e. The molecule has 1 heterocycles. The minimum atomic E-state index is 0.312. The van der Waals surface area contributed by atoms with Crippen LogP contribution in [0.3, 0.4) is 0 Å². The molecule has 2 rings (SSSR count). The molecule has 2 aromatic rings. The van der Waals surface area contributed by atoms with Crippen molar-refractivity contribution in [2.75, 3.05) is 6.54 Å². The van der Waals surface area contributed by atoms with Crippen molar-refractivity contribution in [3.8, 4) is 5.75 Å². The molecular formula is C16H24N4O. The number of rotatable bonds is 7. The van der Waals surface area contributed by atoms with Gasteiger partial charge in [0, 0.05) is 18.7 Å². The van der Waals surface area contributed by atoms with Crippen LogP contribution in [0.5, 0.6) is 5.75 Å². The second-order valence-electron chi connectivity index (χ2n) is 5.07. The third-order valence-corrected chi connectivity index (χ3v) is 3.69. The van der Waals surface area contributed by atoms with Crippen molar-refractivity contribution < 1.29 is 4.74 Å². The van der Waals surface area contributed by atoms with Crippen molar-refractivity contribution in [3.05, 3.63) is 41.5 Å². The molecule has 0 amide bonds. The van der Waals surface area contributed by atoms with Crippen molar-refractivity contribution in [2.24, 2.45) is 7.05 Å². The van der Waals surface area contributed by atoms with E-state index in [1.165, 1.54) is 5.56 Å². The third-order valence-electron chi connectivity index (χ3n) is 3.69. The fourth-order valence-electron chi connectivity index (χ4n) is 2.34. The lowest BCUT2D eigenvalue weighted by atomic mass is 10.0. The average Bonchev–Trinajstić information content (AvgIpc) is 2.83. The highest BCUT2D eigenvalue weighted by atomic mass is 16.5. The molecule has 114 valence electrons. The Hall–Kier alpha value is -1.88. The first-order valence-electron chi connectivity index (χ1n) is 7.47. The maximum Gasteiger partial charge on any atom is 0.170 e. The summed E-state index contributed by atoms with van der Waals surface area (Å²) in [5.74, 6) is 2.63. The van der Waals surface area contributed by atoms with Gasteiger partial charge in [-0.05, 0) is 26.0 Å². The Labute approximate surface area is 126 Å². The standard InChI is InChI=1S/C16H24N4O/c1-5-14(17-6-2)13-9-7-8-10-15(13)21-11-16-19-18-12(3)20(16)4/h7-10,14,17H,5-6,11H2,1-4H3. The van der Waals surface area contributed by atoms with Gasteiger partial charge >= 0.3 is 0 Å². The van der Waals surface area contributed by atoms with Crippen molar-refractivity contribution in [3.63, 3.8) is 0 Å². The molecule has 0 aliphatic carbocycles. The summed E-state index contributed by atoms with van der Waals surface area (Å²) in [7, 11) is 1.95. The van der Waals surface area contributed by atoms with E-state index >= 15 is 0 Å². The van der Waals surface area contributed by atoms with E-state index in [-0.39, 0.29) is 0 Å². The quantitative estimate of drug-likeness (QED) is 0.851. The van der Waals surface area contributed by atoms with Crippen LogP contribution in [0.25, 0.3) is 0 Å². The molecule has 1 N–H and O–H groups in total. The zero-order chi connectivity index (χ0) is 15.2. The van der Waals surface area contributed by atoms with E-state index in [1.54, 1.807) is 0 Å². The summed E-state index contributed by atoms with van der Waals surface area (Å²) in [6.45, 7) is 7.60. The number of hydrogen-bond donors (Lipinski definition) is 1. The van der Waals surface area contributed by atoms with Crippen molar-refractivity contribution >= 4 is 0 Å². The number of aromatic nitrogens is 3. The van der Waals surface area contributed by atoms with Gasteiger partial charge in [0.05, 0.1) is 0 Å². The number of benzene rings is 1. The monoisotopic (exact) mass is 288 g/mol. The van der Waals surface area contributed by atoms with Crippen LogP contribution in [0.1, 0.15) is 43.5 Å². The molecule has 0 spiro atoms. The van der Waals surface area contributed by atoms with Crippen LogP contribution in [0.15, 0.2) is 24.3 Å². The maximum absolute atomic E-state index is 5.98. The van der Waals surface area contributed by atoms with Crippen LogP contribution in [-0.4, -0.2) is 21.3 Å². The van der Waals surface area contributed by atoms with E-state index in [2.05, 4.69) is 41.5 Å². The number of para-hydroxylation sites is 1. The second kappa shape index (κ2) is 7.22. The number of ether oxygens (including phenoxy) is 1. The first kappa shape index (κ1) is 15.5. The molecule has 5 nitrogen and oxygen atoms in total. The molecule has 0 radical (unpaired) electrons. The van der Waals surface area contributed by atoms with Crippen LogP contribution < -0.4 is 10.1 Å². The predicted octanol–water partition coefficient (Wildman–Crippen LogP) is 2.76. The zero-order valence-corrected chi connectivity index (χ0v) is 13.3. The number of hydrogen-bond acceptors (Lipinski definition) is 4. The van der Waals surface area contributed by atoms with Gasteiger partial charge in [-0.3, -0.25) is 0 Å². The maximum atomic E-state index is 5.98. The van der Waals surface area contributed by atoms with Gasteiger partial charge in [-0.25, -0.2) is 0 Å². The van der Waals surface area contributed by atoms with Crippen LogP contribution >= 0.6 is 0 Å². The van der Waals surface area contributed by atoms with Crippen LogP contribution in [0.4, 0.5) is 0 Å². The molecular weight excluding hydrogens is 264 g/mol. The van der Waals surface area contributed by atoms with Gasteiger partial charge in [-0.2, -0.15) is 0 Å². The van der Waals surface area contributed by atoms with Gasteiger partial charge in [-0.1, -0.05) is 32.0 Å². The van der Waals surface area contributed by atoms with Gasteiger partial charge in [0.1, 0.15) is 18.2 Å². The fourth-order valence-corrected chi connectivity index (χ4v) is 2.34. The Bertz CT molecular complexity index is 579. The molecule has 5 heteroatoms. The van der Waals surface area contributed by atoms with E-state index in [1.807, 2.05) is 30.7 Å². The Morgan fingerprint density at radius 2 is 2.00 bits per heavy atom. The van der Waals surface area contributed by atoms with Crippen molar-refractivity contribution in [1.29, 1.82) is 0 Å². The van der Waals surface area contributed by atoms with E-state index in [4.69, 9.17) is 4.74 Å². The van der Waals surface area contributed by atoms with Gasteiger partial charge in [-0.15, -0.1) is 10.2 Å². The largest absolute Gasteiger partial charge is 0.485 e. The van der Waals surface area contributed by atoms with Crippen LogP contribution in [-0.2, 0) is 13.7 Å². The summed E-state index contributed by atoms with van der Waals surface area (Å²) in [5, 5.41) is 11.7. The fraction of sp³-hybridized carbons (Fsp3) is 0.500. The van der Waals surface area contributed by atoms with Gasteiger partial charge < -0.3 is 14.6 Å². The molecule has 0 saturated heterocycles. The lowest BCUT2D eigenvalue weighted by Crippen LogP contribution is -2.20. The predicted molar refractivity (Wildman–Crippen MR) is 83.2 cm³/mol. The normalized spacial score (nSPS) is 12.4. The van der Waals surface area contributed by atoms with E-state index in [0.29, 0.717) is 12.6 Å². The topological polar surface area (TPSA) is 52.0 Å². The molecule has 0 saturated carbocycles. The Kier molecular flexibility index (Phi) is 5.33. The minimum absolute atomic E-state index is 0.312. The highest BCUT2D eigenvalue weighted by Gasteiger charge is 2.14. The van der Waals surface area contributed by atoms with Crippen molar-refractivity contribution in [1.82, 2.24) is 20.1 Å². The number of nitrogens with zero attached hydrogens (tertiary/aromatic N) is 3. The number of nitrogens with one attached hydrogen (secondary N) is 1. The zero-order valence-electron chi connectivity index (χ0n) is 13.3. The molecule has 0 aliphatic heterocycles. The molecule has 1 atom stereocenters. The molecule has 0 fully saturated rings. The Morgan fingerprint density at radius 3 is 2.62 bits per heavy atom. The summed E-state index contributed by atoms with van der Waals surface area (Å²) in [4.78, 5) is 0. The summed E-state index contributed by atoms with van der Waals surface area (Å²) < 4.78 is 7.93. The Balaban J connectivity index is 2.14. The number of aryl methyl sites for hydroxylation is 1. The lowest BCUT2D eigenvalue weighted by Gasteiger charge is -2.19. The SMILES string of the molecule is CCNC(CC)c1ccccc1OCc1nnc(C)n1C. The summed E-state index contributed by atoms with van der Waals surface area (Å²) in [5.41, 5.74) is 1.20. The molecule has 1 aromatic heterocycles. The summed E-state index contributed by atoms with van der Waals surface area (Å²) >= 11 is 0. The van der Waals surface area contributed by atoms with E-state index in [0.717, 1.165) is 30.4 Å². The van der Waals surface area contributed by atoms with E-state index in [9.17, 15) is 0 Å². The average molecular weight is 288 g/mol. The highest BCUT2D eigenvalue weighted by molar-refractivity contribution is 5.36. The second-order valence-corrected chi connectivity index (χ2v) is 5.07. The van der Waals surface area contributed by atoms with Crippen LogP contribution in [0.2, 0.25) is 0 Å². The molecule has 0 aliphatic rings. The minimum Gasteiger partial charge on any atom is -0.485 e. The summed E-state index contributed by atoms with van der Waals surface area (Å²) in [6, 6.07) is 8.49. The Morgan fingerprint density at radius 1 is 1.24 bits per heavy atom. The first-order chi connectivity index (χ1) is 10.2. The molecule has 1 aromatic carbocycles. The summed E-state index contributed by atoms with van der Waals surface area (Å²) in [6.07, 6.45) is 1.03. The van der Waals surface area contributed by atoms with Gasteiger partial charge in [0.2, 0.25) is 0 Å². The highest BCUT2D eigenvalue weighted by Crippen LogP contribution is 2.27. The third kappa shape index (κ3) is 3.61. The van der Waals surface area contributed by atoms with E-state index < -0.39 is 0 Å². The lowest BCUT2D eigenvalue weighted by molar-refractivity contribution is 0.284. The van der Waals surface area contributed by atoms with Crippen LogP contribution in [0, 0.1) is 6.92 Å². The first-order valence-corrected chi connectivity index (χ1v) is 7.47. The molecule has 0 bridgehead atoms. The van der Waals surface area contributed by atoms with Gasteiger partial charge in [0.25, 0.3) is 0 Å².